The molecule has 1 aliphatic carbocycles. The lowest BCUT2D eigenvalue weighted by atomic mass is 9.92. The van der Waals surface area contributed by atoms with Gasteiger partial charge in [0, 0.05) is 12.0 Å². The van der Waals surface area contributed by atoms with Crippen LogP contribution in [-0.4, -0.2) is 45.5 Å². The summed E-state index contributed by atoms with van der Waals surface area (Å²) in [6.07, 6.45) is 1.67. The monoisotopic (exact) mass is 342 g/mol. The molecule has 23 heavy (non-hydrogen) atoms. The van der Waals surface area contributed by atoms with Crippen LogP contribution >= 0.6 is 0 Å². The highest BCUT2D eigenvalue weighted by Gasteiger charge is 2.50. The van der Waals surface area contributed by atoms with E-state index < -0.39 is 14.1 Å². The second-order valence-corrected chi connectivity index (χ2v) is 13.1. The van der Waals surface area contributed by atoms with Gasteiger partial charge in [-0.3, -0.25) is 0 Å². The van der Waals surface area contributed by atoms with E-state index in [0.717, 1.165) is 0 Å². The summed E-state index contributed by atoms with van der Waals surface area (Å²) < 4.78 is 23.4. The Hall–Kier alpha value is -0.693. The first-order chi connectivity index (χ1) is 10.4. The van der Waals surface area contributed by atoms with Gasteiger partial charge in [0.05, 0.1) is 13.2 Å². The van der Waals surface area contributed by atoms with Gasteiger partial charge in [-0.2, -0.15) is 0 Å². The second-order valence-electron chi connectivity index (χ2n) is 8.37. The molecular weight excluding hydrogens is 312 g/mol. The number of hydrogen-bond donors (Lipinski definition) is 0. The highest BCUT2D eigenvalue weighted by Crippen LogP contribution is 2.42. The van der Waals surface area contributed by atoms with Crippen molar-refractivity contribution < 1.29 is 23.4 Å². The first-order valence-corrected chi connectivity index (χ1v) is 11.1. The van der Waals surface area contributed by atoms with Crippen molar-refractivity contribution in [2.45, 2.75) is 83.3 Å². The lowest BCUT2D eigenvalue weighted by Gasteiger charge is -2.42. The minimum atomic E-state index is -1.99. The van der Waals surface area contributed by atoms with Crippen LogP contribution in [0, 0.1) is 0 Å². The van der Waals surface area contributed by atoms with E-state index in [9.17, 15) is 4.79 Å². The first-order valence-electron chi connectivity index (χ1n) is 8.19. The SMILES string of the molecule is COC(=O)C1=C[C@H]2OC(C)(C)O[C@H]2[C@@H](O[Si](C)(C)C(C)(C)C)C1. The predicted octanol–water partition coefficient (Wildman–Crippen LogP) is 3.40. The normalized spacial score (nSPS) is 30.6. The minimum absolute atomic E-state index is 0.0874. The molecule has 0 bridgehead atoms. The van der Waals surface area contributed by atoms with Crippen LogP contribution in [0.1, 0.15) is 41.0 Å². The maximum absolute atomic E-state index is 12.0. The Morgan fingerprint density at radius 3 is 2.43 bits per heavy atom. The molecule has 1 heterocycles. The topological polar surface area (TPSA) is 54.0 Å². The Kier molecular flexibility index (Phi) is 4.85. The average molecular weight is 343 g/mol. The number of methoxy groups -OCH3 is 1. The number of fused-ring (bicyclic) bond motifs is 1. The van der Waals surface area contributed by atoms with Crippen LogP contribution in [0.25, 0.3) is 0 Å². The third-order valence-electron chi connectivity index (χ3n) is 5.02. The summed E-state index contributed by atoms with van der Waals surface area (Å²) in [6, 6.07) is 0. The second kappa shape index (κ2) is 5.99. The zero-order valence-electron chi connectivity index (χ0n) is 15.6. The molecule has 2 rings (SSSR count). The molecule has 0 N–H and O–H groups in total. The van der Waals surface area contributed by atoms with E-state index in [4.69, 9.17) is 18.6 Å². The summed E-state index contributed by atoms with van der Waals surface area (Å²) in [7, 11) is -0.590. The minimum Gasteiger partial charge on any atom is -0.466 e. The van der Waals surface area contributed by atoms with Gasteiger partial charge in [-0.05, 0) is 38.1 Å². The molecule has 0 amide bonds. The van der Waals surface area contributed by atoms with Crippen molar-refractivity contribution in [3.8, 4) is 0 Å². The third kappa shape index (κ3) is 3.87. The van der Waals surface area contributed by atoms with Gasteiger partial charge in [0.15, 0.2) is 14.1 Å². The van der Waals surface area contributed by atoms with E-state index in [0.29, 0.717) is 12.0 Å². The van der Waals surface area contributed by atoms with E-state index in [1.165, 1.54) is 7.11 Å². The summed E-state index contributed by atoms with van der Waals surface area (Å²) in [5.74, 6) is -0.993. The molecule has 3 atom stereocenters. The van der Waals surface area contributed by atoms with Gasteiger partial charge in [0.2, 0.25) is 0 Å². The van der Waals surface area contributed by atoms with Crippen LogP contribution in [0.15, 0.2) is 11.6 Å². The molecule has 0 aromatic carbocycles. The van der Waals surface area contributed by atoms with Gasteiger partial charge in [-0.15, -0.1) is 0 Å². The van der Waals surface area contributed by atoms with Crippen LogP contribution < -0.4 is 0 Å². The largest absolute Gasteiger partial charge is 0.466 e. The number of carbonyl (C=O) groups is 1. The molecule has 5 nitrogen and oxygen atoms in total. The highest BCUT2D eigenvalue weighted by atomic mass is 28.4. The first kappa shape index (κ1) is 18.6. The molecule has 0 spiro atoms. The summed E-state index contributed by atoms with van der Waals surface area (Å²) in [5.41, 5.74) is 0.610. The molecule has 0 aromatic rings. The number of esters is 1. The molecule has 0 saturated carbocycles. The molecule has 6 heteroatoms. The van der Waals surface area contributed by atoms with Crippen molar-refractivity contribution in [3.63, 3.8) is 0 Å². The number of hydrogen-bond acceptors (Lipinski definition) is 5. The van der Waals surface area contributed by atoms with Gasteiger partial charge in [-0.1, -0.05) is 20.8 Å². The van der Waals surface area contributed by atoms with Crippen molar-refractivity contribution >= 4 is 14.3 Å². The fourth-order valence-corrected chi connectivity index (χ4v) is 4.11. The molecule has 0 unspecified atom stereocenters. The Morgan fingerprint density at radius 1 is 1.30 bits per heavy atom. The van der Waals surface area contributed by atoms with Gasteiger partial charge in [-0.25, -0.2) is 4.79 Å². The maximum atomic E-state index is 12.0. The van der Waals surface area contributed by atoms with Gasteiger partial charge in [0.25, 0.3) is 0 Å². The zero-order chi connectivity index (χ0) is 17.6. The lowest BCUT2D eigenvalue weighted by Crippen LogP contribution is -2.50. The molecule has 132 valence electrons. The van der Waals surface area contributed by atoms with E-state index in [1.54, 1.807) is 0 Å². The van der Waals surface area contributed by atoms with Gasteiger partial charge >= 0.3 is 5.97 Å². The maximum Gasteiger partial charge on any atom is 0.333 e. The van der Waals surface area contributed by atoms with Crippen molar-refractivity contribution in [1.82, 2.24) is 0 Å². The molecule has 1 fully saturated rings. The number of rotatable bonds is 3. The highest BCUT2D eigenvalue weighted by molar-refractivity contribution is 6.74. The van der Waals surface area contributed by atoms with Gasteiger partial charge < -0.3 is 18.6 Å². The molecule has 0 aromatic heterocycles. The van der Waals surface area contributed by atoms with Crippen LogP contribution in [0.5, 0.6) is 0 Å². The summed E-state index contributed by atoms with van der Waals surface area (Å²) in [5, 5.41) is 0.0874. The smallest absolute Gasteiger partial charge is 0.333 e. The number of carbonyl (C=O) groups excluding carboxylic acids is 1. The van der Waals surface area contributed by atoms with Crippen molar-refractivity contribution in [1.29, 1.82) is 0 Å². The van der Waals surface area contributed by atoms with Crippen molar-refractivity contribution in [3.05, 3.63) is 11.6 Å². The van der Waals surface area contributed by atoms with E-state index >= 15 is 0 Å². The molecule has 1 saturated heterocycles. The zero-order valence-corrected chi connectivity index (χ0v) is 16.6. The van der Waals surface area contributed by atoms with Crippen LogP contribution in [0.2, 0.25) is 18.1 Å². The Morgan fingerprint density at radius 2 is 1.91 bits per heavy atom. The molecule has 2 aliphatic rings. The fourth-order valence-electron chi connectivity index (χ4n) is 2.78. The van der Waals surface area contributed by atoms with Crippen LogP contribution in [0.4, 0.5) is 0 Å². The molecule has 0 radical (unpaired) electrons. The predicted molar refractivity (Wildman–Crippen MR) is 90.6 cm³/mol. The Bertz CT molecular complexity index is 504. The summed E-state index contributed by atoms with van der Waals surface area (Å²) in [4.78, 5) is 12.0. The van der Waals surface area contributed by atoms with E-state index in [-0.39, 0.29) is 29.3 Å². The quantitative estimate of drug-likeness (QED) is 0.581. The average Bonchev–Trinajstić information content (AvgIpc) is 2.70. The summed E-state index contributed by atoms with van der Waals surface area (Å²) in [6.45, 7) is 14.8. The third-order valence-corrected chi connectivity index (χ3v) is 9.52. The Balaban J connectivity index is 2.28. The summed E-state index contributed by atoms with van der Waals surface area (Å²) >= 11 is 0. The Labute approximate surface area is 140 Å². The molecular formula is C17H30O5Si. The van der Waals surface area contributed by atoms with Gasteiger partial charge in [0.1, 0.15) is 12.2 Å². The number of ether oxygens (including phenoxy) is 3. The van der Waals surface area contributed by atoms with E-state index in [1.807, 2.05) is 19.9 Å². The van der Waals surface area contributed by atoms with E-state index in [2.05, 4.69) is 33.9 Å². The van der Waals surface area contributed by atoms with Crippen molar-refractivity contribution in [2.75, 3.05) is 7.11 Å². The standard InChI is InChI=1S/C17H30O5Si/c1-16(2,3)23(7,8)22-13-10-11(15(18)19-6)9-12-14(13)21-17(4,5)20-12/h9,12-14H,10H2,1-8H3/t12-,13+,14-/m1/s1. The molecule has 1 aliphatic heterocycles. The fraction of sp³-hybridized carbons (Fsp3) is 0.824. The lowest BCUT2D eigenvalue weighted by molar-refractivity contribution is -0.151. The van der Waals surface area contributed by atoms with Crippen LogP contribution in [0.3, 0.4) is 0 Å². The van der Waals surface area contributed by atoms with Crippen LogP contribution in [-0.2, 0) is 23.4 Å². The van der Waals surface area contributed by atoms with Crippen molar-refractivity contribution in [2.24, 2.45) is 0 Å².